The highest BCUT2D eigenvalue weighted by Crippen LogP contribution is 2.32. The summed E-state index contributed by atoms with van der Waals surface area (Å²) in [6.07, 6.45) is 2.84. The number of nitrogens with zero attached hydrogens (tertiary/aromatic N) is 2. The van der Waals surface area contributed by atoms with E-state index < -0.39 is 6.67 Å². The zero-order valence-corrected chi connectivity index (χ0v) is 20.7. The molecule has 1 N–H and O–H groups in total. The number of carbonyl (C=O) groups is 2. The van der Waals surface area contributed by atoms with Crippen molar-refractivity contribution in [1.29, 1.82) is 5.26 Å². The highest BCUT2D eigenvalue weighted by atomic mass is 35.5. The third kappa shape index (κ3) is 6.37. The second-order valence-corrected chi connectivity index (χ2v) is 8.27. The van der Waals surface area contributed by atoms with E-state index in [0.717, 1.165) is 5.56 Å². The Morgan fingerprint density at radius 2 is 1.97 bits per heavy atom. The van der Waals surface area contributed by atoms with Crippen molar-refractivity contribution in [2.24, 2.45) is 0 Å². The molecular weight excluding hydrogens is 485 g/mol. The molecule has 0 saturated heterocycles. The molecule has 3 rings (SSSR count). The van der Waals surface area contributed by atoms with E-state index >= 15 is 0 Å². The fraction of sp³-hybridized carbons (Fsp3) is 0.259. The van der Waals surface area contributed by atoms with Gasteiger partial charge in [0.2, 0.25) is 0 Å². The molecule has 0 amide bonds. The Morgan fingerprint density at radius 3 is 2.67 bits per heavy atom. The summed E-state index contributed by atoms with van der Waals surface area (Å²) < 4.78 is 23.1. The smallest absolute Gasteiger partial charge is 0.305 e. The van der Waals surface area contributed by atoms with E-state index in [9.17, 15) is 19.2 Å². The van der Waals surface area contributed by atoms with Crippen LogP contribution in [-0.4, -0.2) is 37.5 Å². The summed E-state index contributed by atoms with van der Waals surface area (Å²) in [7, 11) is 2.90. The van der Waals surface area contributed by atoms with Crippen LogP contribution in [0.1, 0.15) is 40.0 Å². The molecule has 36 heavy (non-hydrogen) atoms. The monoisotopic (exact) mass is 509 g/mol. The molecule has 186 valence electrons. The highest BCUT2D eigenvalue weighted by molar-refractivity contribution is 6.33. The lowest BCUT2D eigenvalue weighted by Gasteiger charge is -2.16. The largest absolute Gasteiger partial charge is 0.495 e. The summed E-state index contributed by atoms with van der Waals surface area (Å²) in [6, 6.07) is 13.7. The maximum atomic E-state index is 13.1. The van der Waals surface area contributed by atoms with Crippen LogP contribution in [0.4, 0.5) is 10.1 Å². The maximum Gasteiger partial charge on any atom is 0.305 e. The normalized spacial score (nSPS) is 10.4. The van der Waals surface area contributed by atoms with Gasteiger partial charge in [-0.3, -0.25) is 14.6 Å². The van der Waals surface area contributed by atoms with Crippen LogP contribution in [0.2, 0.25) is 5.02 Å². The molecule has 7 nitrogen and oxygen atoms in total. The van der Waals surface area contributed by atoms with Gasteiger partial charge in [-0.1, -0.05) is 23.7 Å². The van der Waals surface area contributed by atoms with Crippen LogP contribution in [-0.2, 0) is 22.6 Å². The van der Waals surface area contributed by atoms with Crippen molar-refractivity contribution >= 4 is 29.0 Å². The third-order valence-electron chi connectivity index (χ3n) is 5.61. The quantitative estimate of drug-likeness (QED) is 0.267. The van der Waals surface area contributed by atoms with E-state index in [1.165, 1.54) is 19.4 Å². The number of ketones is 1. The Labute approximate surface area is 213 Å². The summed E-state index contributed by atoms with van der Waals surface area (Å²) in [5.41, 5.74) is 3.18. The van der Waals surface area contributed by atoms with Crippen LogP contribution < -0.4 is 10.1 Å². The molecule has 0 fully saturated rings. The van der Waals surface area contributed by atoms with Crippen molar-refractivity contribution in [1.82, 2.24) is 4.98 Å². The summed E-state index contributed by atoms with van der Waals surface area (Å²) in [5.74, 6) is 0.0780. The van der Waals surface area contributed by atoms with E-state index in [-0.39, 0.29) is 36.0 Å². The van der Waals surface area contributed by atoms with E-state index in [4.69, 9.17) is 21.1 Å². The molecule has 1 aromatic heterocycles. The van der Waals surface area contributed by atoms with E-state index in [0.29, 0.717) is 46.0 Å². The standard InChI is InChI=1S/C27H25ClFN3O4/c1-35-25-7-3-5-17(6-4-8-26(34)36-2)27(25)32-16-24(33)18-9-10-23(28)21(12-18)22-15-31-20(13-29)11-19(22)14-30/h3,5,7,9-12,15,32H,4,6,8,13,16H2,1-2H3. The number of ether oxygens (including phenoxy) is 2. The predicted molar refractivity (Wildman–Crippen MR) is 135 cm³/mol. The second-order valence-electron chi connectivity index (χ2n) is 7.86. The fourth-order valence-corrected chi connectivity index (χ4v) is 3.95. The lowest BCUT2D eigenvalue weighted by Crippen LogP contribution is -2.16. The Hall–Kier alpha value is -3.96. The first-order chi connectivity index (χ1) is 17.4. The van der Waals surface area contributed by atoms with Gasteiger partial charge in [0, 0.05) is 34.3 Å². The number of nitriles is 1. The highest BCUT2D eigenvalue weighted by Gasteiger charge is 2.16. The first-order valence-corrected chi connectivity index (χ1v) is 11.5. The first-order valence-electron chi connectivity index (χ1n) is 11.2. The van der Waals surface area contributed by atoms with E-state index in [1.54, 1.807) is 31.4 Å². The number of pyridine rings is 1. The zero-order valence-electron chi connectivity index (χ0n) is 19.9. The number of rotatable bonds is 11. The molecule has 1 heterocycles. The van der Waals surface area contributed by atoms with E-state index in [2.05, 4.69) is 10.3 Å². The average Bonchev–Trinajstić information content (AvgIpc) is 2.91. The van der Waals surface area contributed by atoms with Gasteiger partial charge in [0.1, 0.15) is 12.4 Å². The van der Waals surface area contributed by atoms with Crippen molar-refractivity contribution in [2.45, 2.75) is 25.9 Å². The predicted octanol–water partition coefficient (Wildman–Crippen LogP) is 5.54. The molecule has 0 atom stereocenters. The summed E-state index contributed by atoms with van der Waals surface area (Å²) in [5, 5.41) is 13.0. The van der Waals surface area contributed by atoms with Gasteiger partial charge in [-0.15, -0.1) is 0 Å². The van der Waals surface area contributed by atoms with Crippen LogP contribution in [0.5, 0.6) is 5.75 Å². The number of para-hydroxylation sites is 1. The molecule has 0 aliphatic carbocycles. The molecule has 0 aliphatic rings. The summed E-state index contributed by atoms with van der Waals surface area (Å²) in [4.78, 5) is 28.6. The Morgan fingerprint density at radius 1 is 1.17 bits per heavy atom. The molecule has 0 unspecified atom stereocenters. The van der Waals surface area contributed by atoms with Crippen molar-refractivity contribution in [3.63, 3.8) is 0 Å². The number of esters is 1. The number of nitrogens with one attached hydrogen (secondary N) is 1. The number of Topliss-reactive ketones (excluding diaryl/α,β-unsaturated/α-hetero) is 1. The maximum absolute atomic E-state index is 13.1. The van der Waals surface area contributed by atoms with Crippen molar-refractivity contribution in [3.8, 4) is 22.9 Å². The second kappa shape index (κ2) is 12.7. The number of methoxy groups -OCH3 is 2. The Balaban J connectivity index is 1.82. The van der Waals surface area contributed by atoms with Crippen LogP contribution in [0.25, 0.3) is 11.1 Å². The molecule has 3 aromatic rings. The van der Waals surface area contributed by atoms with Crippen LogP contribution in [0.15, 0.2) is 48.7 Å². The Kier molecular flexibility index (Phi) is 9.37. The molecule has 0 spiro atoms. The van der Waals surface area contributed by atoms with Gasteiger partial charge in [0.25, 0.3) is 0 Å². The number of halogens is 2. The molecule has 9 heteroatoms. The molecule has 0 radical (unpaired) electrons. The first kappa shape index (κ1) is 26.6. The Bertz CT molecular complexity index is 1310. The van der Waals surface area contributed by atoms with Crippen LogP contribution in [0, 0.1) is 11.3 Å². The fourth-order valence-electron chi connectivity index (χ4n) is 3.74. The number of aromatic nitrogens is 1. The minimum absolute atomic E-state index is 0.0321. The zero-order chi connectivity index (χ0) is 26.1. The van der Waals surface area contributed by atoms with Crippen LogP contribution >= 0.6 is 11.6 Å². The van der Waals surface area contributed by atoms with Gasteiger partial charge >= 0.3 is 5.97 Å². The van der Waals surface area contributed by atoms with Gasteiger partial charge in [-0.25, -0.2) is 4.39 Å². The van der Waals surface area contributed by atoms with Gasteiger partial charge in [0.05, 0.1) is 43.8 Å². The number of hydrogen-bond acceptors (Lipinski definition) is 7. The van der Waals surface area contributed by atoms with Crippen LogP contribution in [0.3, 0.4) is 0 Å². The summed E-state index contributed by atoms with van der Waals surface area (Å²) >= 11 is 6.36. The molecule has 2 aromatic carbocycles. The van der Waals surface area contributed by atoms with Gasteiger partial charge < -0.3 is 14.8 Å². The summed E-state index contributed by atoms with van der Waals surface area (Å²) in [6.45, 7) is -0.823. The van der Waals surface area contributed by atoms with Crippen molar-refractivity contribution < 1.29 is 23.5 Å². The minimum Gasteiger partial charge on any atom is -0.495 e. The van der Waals surface area contributed by atoms with Gasteiger partial charge in [-0.2, -0.15) is 5.26 Å². The van der Waals surface area contributed by atoms with Crippen molar-refractivity contribution in [3.05, 3.63) is 76.1 Å². The van der Waals surface area contributed by atoms with Crippen molar-refractivity contribution in [2.75, 3.05) is 26.1 Å². The molecule has 0 saturated carbocycles. The molecule has 0 bridgehead atoms. The van der Waals surface area contributed by atoms with Gasteiger partial charge in [-0.05, 0) is 48.7 Å². The number of carbonyl (C=O) groups excluding carboxylic acids is 2. The number of aryl methyl sites for hydroxylation is 1. The van der Waals surface area contributed by atoms with Gasteiger partial charge in [0.15, 0.2) is 5.78 Å². The molecule has 0 aliphatic heterocycles. The topological polar surface area (TPSA) is 101 Å². The third-order valence-corrected chi connectivity index (χ3v) is 5.94. The number of anilines is 1. The van der Waals surface area contributed by atoms with E-state index in [1.807, 2.05) is 18.2 Å². The number of alkyl halides is 1. The SMILES string of the molecule is COC(=O)CCCc1cccc(OC)c1NCC(=O)c1ccc(Cl)c(-c2cnc(CF)cc2C#N)c1. The average molecular weight is 510 g/mol. The lowest BCUT2D eigenvalue weighted by molar-refractivity contribution is -0.140. The number of hydrogen-bond donors (Lipinski definition) is 1. The number of benzene rings is 2. The minimum atomic E-state index is -0.791. The lowest BCUT2D eigenvalue weighted by atomic mass is 9.98. The molecular formula is C27H25ClFN3O4.